The summed E-state index contributed by atoms with van der Waals surface area (Å²) in [6.45, 7) is 1.44. The highest BCUT2D eigenvalue weighted by atomic mass is 32.2. The molecule has 0 radical (unpaired) electrons. The Balaban J connectivity index is 1.29. The highest BCUT2D eigenvalue weighted by Crippen LogP contribution is 2.41. The Morgan fingerprint density at radius 2 is 2.20 bits per heavy atom. The zero-order valence-electron chi connectivity index (χ0n) is 18.6. The van der Waals surface area contributed by atoms with Crippen molar-refractivity contribution in [1.82, 2.24) is 25.2 Å². The Labute approximate surface area is 207 Å². The molecule has 2 atom stereocenters. The number of thiazole rings is 1. The van der Waals surface area contributed by atoms with E-state index in [1.165, 1.54) is 34.9 Å². The van der Waals surface area contributed by atoms with Crippen molar-refractivity contribution in [3.63, 3.8) is 0 Å². The van der Waals surface area contributed by atoms with Crippen LogP contribution in [0.1, 0.15) is 18.3 Å². The Bertz CT molecular complexity index is 1190. The van der Waals surface area contributed by atoms with Gasteiger partial charge < -0.3 is 31.2 Å². The number of hydrogen-bond donors (Lipinski definition) is 5. The van der Waals surface area contributed by atoms with E-state index >= 15 is 0 Å². The first kappa shape index (κ1) is 24.5. The summed E-state index contributed by atoms with van der Waals surface area (Å²) >= 11 is 2.66. The summed E-state index contributed by atoms with van der Waals surface area (Å²) in [6, 6.07) is -0.658. The van der Waals surface area contributed by atoms with E-state index < -0.39 is 29.3 Å². The van der Waals surface area contributed by atoms with Gasteiger partial charge in [-0.3, -0.25) is 19.3 Å². The number of aromatic amines is 1. The molecular weight excluding hydrogens is 498 g/mol. The maximum absolute atomic E-state index is 12.7. The van der Waals surface area contributed by atoms with E-state index in [0.717, 1.165) is 5.69 Å². The quantitative estimate of drug-likeness (QED) is 0.208. The number of aliphatic carboxylic acids is 1. The molecule has 2 aliphatic rings. The number of nitrogens with two attached hydrogens (primary N) is 1. The lowest BCUT2D eigenvalue weighted by Gasteiger charge is -2.49. The van der Waals surface area contributed by atoms with Gasteiger partial charge in [0.15, 0.2) is 5.13 Å². The van der Waals surface area contributed by atoms with Gasteiger partial charge >= 0.3 is 11.9 Å². The second kappa shape index (κ2) is 10.4. The van der Waals surface area contributed by atoms with E-state index in [9.17, 15) is 24.3 Å². The molecule has 1 unspecified atom stereocenters. The van der Waals surface area contributed by atoms with Gasteiger partial charge in [0.25, 0.3) is 5.91 Å². The van der Waals surface area contributed by atoms with E-state index in [-0.39, 0.29) is 24.6 Å². The number of thioether (sulfide) groups is 1. The Morgan fingerprint density at radius 3 is 2.89 bits per heavy atom. The highest BCUT2D eigenvalue weighted by Gasteiger charge is 2.54. The number of ether oxygens (including phenoxy) is 1. The third kappa shape index (κ3) is 5.57. The van der Waals surface area contributed by atoms with Gasteiger partial charge in [-0.2, -0.15) is 0 Å². The van der Waals surface area contributed by atoms with E-state index in [2.05, 4.69) is 25.6 Å². The molecule has 0 aromatic carbocycles. The summed E-state index contributed by atoms with van der Waals surface area (Å²) in [5.74, 6) is -1.66. The number of hydrogen-bond acceptors (Lipinski definition) is 11. The highest BCUT2D eigenvalue weighted by molar-refractivity contribution is 8.00. The van der Waals surface area contributed by atoms with Crippen molar-refractivity contribution in [2.24, 2.45) is 0 Å². The molecule has 1 fully saturated rings. The first-order valence-electron chi connectivity index (χ1n) is 10.5. The summed E-state index contributed by atoms with van der Waals surface area (Å²) < 4.78 is 4.93. The van der Waals surface area contributed by atoms with Crippen molar-refractivity contribution in [2.45, 2.75) is 31.2 Å². The van der Waals surface area contributed by atoms with Crippen LogP contribution in [0.2, 0.25) is 0 Å². The van der Waals surface area contributed by atoms with Gasteiger partial charge in [0.2, 0.25) is 11.9 Å². The van der Waals surface area contributed by atoms with Gasteiger partial charge in [-0.1, -0.05) is 0 Å². The van der Waals surface area contributed by atoms with Crippen LogP contribution in [-0.4, -0.2) is 79.0 Å². The van der Waals surface area contributed by atoms with Gasteiger partial charge in [-0.15, -0.1) is 23.1 Å². The van der Waals surface area contributed by atoms with E-state index in [4.69, 9.17) is 10.5 Å². The Hall–Kier alpha value is -3.59. The molecule has 0 spiro atoms. The van der Waals surface area contributed by atoms with Crippen molar-refractivity contribution in [3.05, 3.63) is 34.2 Å². The average molecular weight is 522 g/mol. The van der Waals surface area contributed by atoms with Crippen molar-refractivity contribution in [2.75, 3.05) is 30.0 Å². The van der Waals surface area contributed by atoms with E-state index in [0.29, 0.717) is 41.1 Å². The molecule has 4 rings (SSSR count). The number of carboxylic acid groups (broad SMARTS) is 1. The molecule has 186 valence electrons. The molecule has 0 saturated carbocycles. The number of nitrogens with one attached hydrogen (secondary N) is 3. The van der Waals surface area contributed by atoms with Crippen LogP contribution in [0.25, 0.3) is 0 Å². The molecule has 13 nitrogen and oxygen atoms in total. The number of fused-ring (bicyclic) bond motifs is 1. The molecule has 2 amide bonds. The van der Waals surface area contributed by atoms with Crippen molar-refractivity contribution in [1.29, 1.82) is 0 Å². The minimum absolute atomic E-state index is 0.144. The first-order valence-corrected chi connectivity index (χ1v) is 12.5. The predicted molar refractivity (Wildman–Crippen MR) is 127 cm³/mol. The number of H-pyrrole nitrogens is 1. The molecule has 2 aromatic heterocycles. The smallest absolute Gasteiger partial charge is 0.352 e. The number of nitrogen functional groups attached to an aromatic ring is 1. The van der Waals surface area contributed by atoms with E-state index in [1.54, 1.807) is 11.6 Å². The van der Waals surface area contributed by atoms with Crippen molar-refractivity contribution < 1.29 is 29.0 Å². The van der Waals surface area contributed by atoms with Crippen molar-refractivity contribution >= 4 is 57.9 Å². The minimum atomic E-state index is -1.25. The van der Waals surface area contributed by atoms with Gasteiger partial charge in [0.1, 0.15) is 23.7 Å². The molecule has 2 aromatic rings. The number of rotatable bonds is 10. The average Bonchev–Trinajstić information content (AvgIpc) is 3.43. The van der Waals surface area contributed by atoms with Crippen LogP contribution >= 0.6 is 23.1 Å². The second-order valence-corrected chi connectivity index (χ2v) is 9.77. The number of carbonyl (C=O) groups is 4. The number of esters is 1. The monoisotopic (exact) mass is 521 g/mol. The molecule has 15 heteroatoms. The lowest BCUT2D eigenvalue weighted by atomic mass is 10.0. The maximum Gasteiger partial charge on any atom is 0.352 e. The molecule has 2 aliphatic heterocycles. The number of nitrogens with zero attached hydrogens (tertiary/aromatic N) is 3. The third-order valence-corrected chi connectivity index (χ3v) is 7.31. The Morgan fingerprint density at radius 1 is 1.40 bits per heavy atom. The normalized spacial score (nSPS) is 19.1. The Kier molecular flexibility index (Phi) is 7.25. The fraction of sp³-hybridized carbons (Fsp3) is 0.400. The minimum Gasteiger partial charge on any atom is -0.477 e. The van der Waals surface area contributed by atoms with Crippen LogP contribution in [0.3, 0.4) is 0 Å². The standard InChI is InChI=1S/C20H23N7O6S2/c1-9(28)33-6-10-7-34-17-14(16(30)27(17)15(10)18(31)32)26-20-23-5-11(25-20)2-3-22-13(29)4-12-8-35-19(21)24-12/h5,8,14,17H,2-4,6-7H2,1H3,(H2,21,24)(H,22,29)(H,31,32)(H2,23,25,26)/t14?,17-/m1/s1. The lowest BCUT2D eigenvalue weighted by Crippen LogP contribution is -2.67. The molecular formula is C20H23N7O6S2. The van der Waals surface area contributed by atoms with Crippen LogP contribution in [0.15, 0.2) is 22.8 Å². The first-order chi connectivity index (χ1) is 16.7. The van der Waals surface area contributed by atoms with Crippen LogP contribution in [0.4, 0.5) is 11.1 Å². The molecule has 0 bridgehead atoms. The maximum atomic E-state index is 12.7. The molecule has 6 N–H and O–H groups in total. The van der Waals surface area contributed by atoms with Gasteiger partial charge in [0.05, 0.1) is 18.3 Å². The molecule has 35 heavy (non-hydrogen) atoms. The third-order valence-electron chi connectivity index (χ3n) is 5.25. The fourth-order valence-corrected chi connectivity index (χ4v) is 5.55. The fourth-order valence-electron chi connectivity index (χ4n) is 3.66. The van der Waals surface area contributed by atoms with Gasteiger partial charge in [0, 0.05) is 42.3 Å². The molecule has 4 heterocycles. The number of β-lactam (4-membered cyclic amide) rings is 1. The number of imidazole rings is 1. The summed E-state index contributed by atoms with van der Waals surface area (Å²) in [5, 5.41) is 17.2. The number of amides is 2. The van der Waals surface area contributed by atoms with Gasteiger partial charge in [-0.25, -0.2) is 14.8 Å². The van der Waals surface area contributed by atoms with Gasteiger partial charge in [-0.05, 0) is 0 Å². The number of aromatic nitrogens is 3. The van der Waals surface area contributed by atoms with Crippen LogP contribution in [0, 0.1) is 0 Å². The molecule has 1 saturated heterocycles. The number of carboxylic acids is 1. The number of anilines is 2. The van der Waals surface area contributed by atoms with E-state index in [1.807, 2.05) is 0 Å². The van der Waals surface area contributed by atoms with Crippen LogP contribution in [0.5, 0.6) is 0 Å². The predicted octanol–water partition coefficient (Wildman–Crippen LogP) is -0.0528. The number of carbonyl (C=O) groups excluding carboxylic acids is 3. The zero-order chi connectivity index (χ0) is 25.1. The zero-order valence-corrected chi connectivity index (χ0v) is 20.2. The summed E-state index contributed by atoms with van der Waals surface area (Å²) in [4.78, 5) is 60.2. The summed E-state index contributed by atoms with van der Waals surface area (Å²) in [7, 11) is 0. The largest absolute Gasteiger partial charge is 0.477 e. The van der Waals surface area contributed by atoms with Crippen LogP contribution < -0.4 is 16.4 Å². The topological polar surface area (TPSA) is 193 Å². The summed E-state index contributed by atoms with van der Waals surface area (Å²) in [6.07, 6.45) is 2.25. The lowest BCUT2D eigenvalue weighted by molar-refractivity contribution is -0.147. The summed E-state index contributed by atoms with van der Waals surface area (Å²) in [5.41, 5.74) is 7.17. The van der Waals surface area contributed by atoms with Crippen molar-refractivity contribution in [3.8, 4) is 0 Å². The SMILES string of the molecule is CC(=O)OCC1=C(C(=O)O)N2C(=O)C(Nc3ncc(CCNC(=O)Cc4csc(N)n4)[nH]3)[C@H]2SC1. The molecule has 0 aliphatic carbocycles. The second-order valence-electron chi connectivity index (χ2n) is 7.78. The van der Waals surface area contributed by atoms with Crippen LogP contribution in [-0.2, 0) is 36.8 Å².